The molecule has 3 aromatic heterocycles. The Morgan fingerprint density at radius 1 is 0.402 bits per heavy atom. The van der Waals surface area contributed by atoms with Crippen molar-refractivity contribution in [2.45, 2.75) is 173 Å². The number of carbonyl (C=O) groups excluding carboxylic acids is 8. The maximum Gasteiger partial charge on any atom is 0.510 e. The standard InChI is InChI=1S/C19H31N4O14P.C14H23N4O11P.C10H19O10P.C9H14N4O5/c1-9(2)35-18(27)30-7-33-38(29,34-8-31-19(28)36-10(3)4)32-5-11-13(24)14(25)17(37-11)23-6-22-12(15(23)20)16(21)26;1-6(2)28-14(22)25-5-27-30(23,24)26-3-7-9(19)10(20)13(29-7)18-4-17-8(11(18)15)12(16)21;1-7(2)19-9(11)15-5-17-21(13,14)18-6-16-10(12)20-8(3)4;10-7-4(8(11)17)12-2-13(7)9-6(16)5(15)3(1-14)18-9/h6,9-11,13-14,17,24-25H,5,7-8,20H2,1-4H3,(H2,21,26);4,6-7,9-10,13,19-20H,3,5,15H2,1-2H3,(H2,16,21)(H,23,24);7-8H,5-6H2,1-4H3,(H,13,14);2-3,5-6,9,14-16H,1,10H2,(H2,11,17)/t11-,13-,14-,17-;7-,9-,10-,13-;;3-,5-,6-,9-/m11.1/s1. The lowest BCUT2D eigenvalue weighted by molar-refractivity contribution is -0.0687. The van der Waals surface area contributed by atoms with Crippen LogP contribution in [0.5, 0.6) is 0 Å². The van der Waals surface area contributed by atoms with Crippen molar-refractivity contribution in [3.8, 4) is 0 Å². The van der Waals surface area contributed by atoms with Gasteiger partial charge in [0, 0.05) is 0 Å². The van der Waals surface area contributed by atoms with E-state index in [0.717, 1.165) is 21.8 Å². The molecule has 3 aliphatic rings. The van der Waals surface area contributed by atoms with Crippen LogP contribution in [0.2, 0.25) is 0 Å². The number of phosphoric acid groups is 3. The van der Waals surface area contributed by atoms with E-state index >= 15 is 0 Å². The number of nitrogens with zero attached hydrogens (tertiary/aromatic N) is 6. The highest BCUT2D eigenvalue weighted by molar-refractivity contribution is 7.48. The zero-order valence-corrected chi connectivity index (χ0v) is 61.1. The molecule has 3 amide bonds. The first-order valence-electron chi connectivity index (χ1n) is 30.7. The second kappa shape index (κ2) is 43.1. The molecule has 0 spiro atoms. The Balaban J connectivity index is 0.000000385. The van der Waals surface area contributed by atoms with Gasteiger partial charge in [-0.3, -0.25) is 37.1 Å². The molecule has 610 valence electrons. The van der Waals surface area contributed by atoms with E-state index in [1.165, 1.54) is 10.9 Å². The summed E-state index contributed by atoms with van der Waals surface area (Å²) in [5.41, 5.74) is 31.8. The SMILES string of the molecule is CC(C)OC(=O)OCOP(=O)(O)OCOC(=O)OC(C)C.CC(C)OC(=O)OCOP(=O)(O)OC[C@H]1O[C@@H](n2cnc(C(N)=O)c2N)[C@H](O)[C@@H]1O.CC(C)OC(=O)OCOP(=O)(OCOC(=O)OC(C)C)OC[C@H]1O[C@@H](n2cnc(C(N)=O)c2N)[C@H](O)[C@@H]1O.NC(=O)c1ncn([C@@H]2O[C@H](CO)[C@@H](O)[C@H]2O)c1N. The third-order valence-electron chi connectivity index (χ3n) is 12.6. The number of ether oxygens (including phenoxy) is 13. The number of imidazole rings is 3. The van der Waals surface area contributed by atoms with Gasteiger partial charge in [0.15, 0.2) is 35.8 Å². The zero-order chi connectivity index (χ0) is 81.2. The van der Waals surface area contributed by atoms with E-state index in [1.54, 1.807) is 69.2 Å². The van der Waals surface area contributed by atoms with Crippen LogP contribution in [0.3, 0.4) is 0 Å². The van der Waals surface area contributed by atoms with Crippen molar-refractivity contribution in [1.29, 1.82) is 0 Å². The van der Waals surface area contributed by atoms with Crippen LogP contribution >= 0.6 is 23.5 Å². The number of aliphatic hydroxyl groups is 7. The quantitative estimate of drug-likeness (QED) is 0.0144. The second-order valence-corrected chi connectivity index (χ2v) is 27.2. The molecule has 3 aliphatic heterocycles. The lowest BCUT2D eigenvalue weighted by Gasteiger charge is -2.21. The molecular weight excluding hydrogens is 1530 g/mol. The molecule has 3 fully saturated rings. The first kappa shape index (κ1) is 92.9. The average molecular weight is 1610 g/mol. The summed E-state index contributed by atoms with van der Waals surface area (Å²) >= 11 is 0. The van der Waals surface area contributed by atoms with Crippen molar-refractivity contribution in [2.75, 3.05) is 71.0 Å². The topological polar surface area (TPSA) is 764 Å². The molecule has 0 radical (unpaired) electrons. The second-order valence-electron chi connectivity index (χ2n) is 22.6. The number of aromatic nitrogens is 6. The van der Waals surface area contributed by atoms with E-state index < -0.39 is 230 Å². The van der Waals surface area contributed by atoms with Gasteiger partial charge in [0.05, 0.1) is 69.3 Å². The number of carbonyl (C=O) groups is 8. The molecule has 6 rings (SSSR count). The summed E-state index contributed by atoms with van der Waals surface area (Å²) in [5.74, 6) is -3.15. The number of nitrogens with two attached hydrogens (primary N) is 6. The van der Waals surface area contributed by atoms with Crippen LogP contribution in [-0.4, -0.2) is 262 Å². The molecule has 0 bridgehead atoms. The predicted octanol–water partition coefficient (Wildman–Crippen LogP) is -1.45. The van der Waals surface area contributed by atoms with E-state index in [2.05, 4.69) is 70.9 Å². The highest BCUT2D eigenvalue weighted by Gasteiger charge is 2.48. The van der Waals surface area contributed by atoms with Crippen LogP contribution in [0.25, 0.3) is 0 Å². The van der Waals surface area contributed by atoms with E-state index in [4.69, 9.17) is 81.7 Å². The van der Waals surface area contributed by atoms with Crippen molar-refractivity contribution in [1.82, 2.24) is 28.7 Å². The van der Waals surface area contributed by atoms with Gasteiger partial charge < -0.3 is 142 Å². The molecule has 3 saturated heterocycles. The minimum absolute atomic E-state index is 0.0719. The van der Waals surface area contributed by atoms with E-state index in [-0.39, 0.29) is 34.5 Å². The smallest absolute Gasteiger partial charge is 0.432 e. The molecule has 13 atom stereocenters. The Labute approximate surface area is 605 Å². The molecule has 3 aromatic rings. The van der Waals surface area contributed by atoms with Crippen molar-refractivity contribution in [3.63, 3.8) is 0 Å². The van der Waals surface area contributed by atoms with Gasteiger partial charge in [0.25, 0.3) is 17.7 Å². The predicted molar refractivity (Wildman–Crippen MR) is 343 cm³/mol. The largest absolute Gasteiger partial charge is 0.510 e. The Kier molecular flexibility index (Phi) is 37.4. The molecule has 55 heteroatoms. The highest BCUT2D eigenvalue weighted by Crippen LogP contribution is 2.51. The minimum atomic E-state index is -4.70. The summed E-state index contributed by atoms with van der Waals surface area (Å²) in [5, 5.41) is 69.4. The lowest BCUT2D eigenvalue weighted by atomic mass is 10.1. The van der Waals surface area contributed by atoms with Crippen molar-refractivity contribution in [2.24, 2.45) is 17.2 Å². The number of hydrogen-bond acceptors (Lipinski definition) is 44. The molecule has 0 saturated carbocycles. The average Bonchev–Trinajstić information content (AvgIpc) is 1.65. The third kappa shape index (κ3) is 30.4. The van der Waals surface area contributed by atoms with Crippen LogP contribution in [0.4, 0.5) is 41.4 Å². The summed E-state index contributed by atoms with van der Waals surface area (Å²) in [6.07, 6.45) is -20.5. The number of primary amides is 3. The molecule has 52 nitrogen and oxygen atoms in total. The van der Waals surface area contributed by atoms with Crippen LogP contribution in [-0.2, 0) is 107 Å². The highest BCUT2D eigenvalue weighted by atomic mass is 31.2. The summed E-state index contributed by atoms with van der Waals surface area (Å²) in [6.45, 7) is 9.34. The third-order valence-corrected chi connectivity index (χ3v) is 15.7. The van der Waals surface area contributed by atoms with Gasteiger partial charge in [-0.2, -0.15) is 0 Å². The number of phosphoric ester groups is 3. The van der Waals surface area contributed by atoms with Crippen molar-refractivity contribution < 1.29 is 191 Å². The van der Waals surface area contributed by atoms with Crippen LogP contribution < -0.4 is 34.4 Å². The fraction of sp³-hybridized carbons (Fsp3) is 0.673. The Hall–Kier alpha value is -8.28. The van der Waals surface area contributed by atoms with Gasteiger partial charge in [0.1, 0.15) is 72.4 Å². The van der Waals surface area contributed by atoms with Crippen LogP contribution in [0.1, 0.15) is 119 Å². The first-order valence-corrected chi connectivity index (χ1v) is 35.2. The number of hydrogen-bond donors (Lipinski definition) is 15. The van der Waals surface area contributed by atoms with Gasteiger partial charge in [-0.05, 0) is 69.2 Å². The molecule has 6 heterocycles. The number of anilines is 3. The van der Waals surface area contributed by atoms with Gasteiger partial charge >= 0.3 is 54.2 Å². The van der Waals surface area contributed by atoms with Crippen LogP contribution in [0, 0.1) is 0 Å². The lowest BCUT2D eigenvalue weighted by Crippen LogP contribution is -2.34. The number of amides is 3. The normalized spacial score (nSPS) is 22.4. The van der Waals surface area contributed by atoms with Crippen LogP contribution in [0.15, 0.2) is 19.0 Å². The fourth-order valence-corrected chi connectivity index (χ4v) is 9.90. The molecular formula is C52H87N12O40P3. The number of rotatable bonds is 33. The van der Waals surface area contributed by atoms with E-state index in [0.29, 0.717) is 0 Å². The Morgan fingerprint density at radius 3 is 0.869 bits per heavy atom. The molecule has 0 aliphatic carbocycles. The molecule has 0 aromatic carbocycles. The first-order chi connectivity index (χ1) is 49.7. The molecule has 107 heavy (non-hydrogen) atoms. The van der Waals surface area contributed by atoms with Gasteiger partial charge in [0.2, 0.25) is 34.0 Å². The fourth-order valence-electron chi connectivity index (χ4n) is 7.95. The Bertz CT molecular complexity index is 3480. The van der Waals surface area contributed by atoms with Gasteiger partial charge in [-0.1, -0.05) is 0 Å². The molecule has 1 unspecified atom stereocenters. The van der Waals surface area contributed by atoms with E-state index in [9.17, 15) is 87.6 Å². The maximum absolute atomic E-state index is 13.0. The summed E-state index contributed by atoms with van der Waals surface area (Å²) in [7, 11) is -13.9. The Morgan fingerprint density at radius 2 is 0.636 bits per heavy atom. The maximum atomic E-state index is 13.0. The summed E-state index contributed by atoms with van der Waals surface area (Å²) in [6, 6.07) is 0. The van der Waals surface area contributed by atoms with Gasteiger partial charge in [-0.15, -0.1) is 0 Å². The van der Waals surface area contributed by atoms with Crippen molar-refractivity contribution >= 4 is 89.4 Å². The number of aliphatic hydroxyl groups excluding tert-OH is 7. The van der Waals surface area contributed by atoms with Gasteiger partial charge in [-0.25, -0.2) is 75.2 Å². The van der Waals surface area contributed by atoms with Crippen molar-refractivity contribution in [3.05, 3.63) is 36.1 Å². The monoisotopic (exact) mass is 1610 g/mol. The summed E-state index contributed by atoms with van der Waals surface area (Å²) in [4.78, 5) is 120. The summed E-state index contributed by atoms with van der Waals surface area (Å²) < 4.78 is 134. The number of nitrogen functional groups attached to an aromatic ring is 3. The molecule has 21 N–H and O–H groups in total. The minimum Gasteiger partial charge on any atom is -0.432 e. The van der Waals surface area contributed by atoms with E-state index in [1.807, 2.05) is 0 Å². The zero-order valence-electron chi connectivity index (χ0n) is 58.4.